The van der Waals surface area contributed by atoms with Crippen molar-refractivity contribution in [1.82, 2.24) is 14.8 Å². The molecular formula is C28H34N6O2. The van der Waals surface area contributed by atoms with Crippen LogP contribution in [0.25, 0.3) is 0 Å². The van der Waals surface area contributed by atoms with E-state index in [4.69, 9.17) is 15.7 Å². The van der Waals surface area contributed by atoms with Crippen molar-refractivity contribution in [3.63, 3.8) is 0 Å². The standard InChI is InChI=1S/C28H34N6O2/c1-3-26(35)34-18-22-16-23(34)17-33(22)25-11-10-24(27(29)36)28(31-25)30-19(2)21-8-6-20(7-9-21)12-15-32-13-4-5-14-32/h3,6-11,22-23H,1,4-5,12-18H2,2H3,(H2,29,36). The van der Waals surface area contributed by atoms with E-state index in [-0.39, 0.29) is 18.0 Å². The number of primary amides is 1. The molecule has 1 aromatic heterocycles. The van der Waals surface area contributed by atoms with Gasteiger partial charge in [0.05, 0.1) is 17.6 Å². The lowest BCUT2D eigenvalue weighted by atomic mass is 10.1. The van der Waals surface area contributed by atoms with E-state index in [1.54, 1.807) is 6.07 Å². The fourth-order valence-electron chi connectivity index (χ4n) is 5.64. The molecule has 0 radical (unpaired) electrons. The number of hydrogen-bond acceptors (Lipinski definition) is 6. The smallest absolute Gasteiger partial charge is 0.252 e. The molecular weight excluding hydrogens is 452 g/mol. The Morgan fingerprint density at radius 3 is 2.50 bits per heavy atom. The Balaban J connectivity index is 1.32. The molecule has 2 bridgehead atoms. The van der Waals surface area contributed by atoms with Gasteiger partial charge in [-0.15, -0.1) is 0 Å². The van der Waals surface area contributed by atoms with Gasteiger partial charge in [0.2, 0.25) is 5.91 Å². The zero-order chi connectivity index (χ0) is 25.2. The van der Waals surface area contributed by atoms with Crippen LogP contribution < -0.4 is 10.6 Å². The van der Waals surface area contributed by atoms with Gasteiger partial charge in [0.1, 0.15) is 5.82 Å². The molecule has 2 N–H and O–H groups in total. The second kappa shape index (κ2) is 10.2. The summed E-state index contributed by atoms with van der Waals surface area (Å²) in [6.45, 7) is 10.4. The molecule has 3 aliphatic heterocycles. The Kier molecular flexibility index (Phi) is 6.87. The highest BCUT2D eigenvalue weighted by Gasteiger charge is 2.45. The molecule has 1 aromatic carbocycles. The average molecular weight is 487 g/mol. The Morgan fingerprint density at radius 2 is 1.86 bits per heavy atom. The number of aromatic nitrogens is 1. The van der Waals surface area contributed by atoms with Gasteiger partial charge in [0.15, 0.2) is 5.82 Å². The predicted molar refractivity (Wildman–Crippen MR) is 142 cm³/mol. The first-order chi connectivity index (χ1) is 17.4. The highest BCUT2D eigenvalue weighted by Crippen LogP contribution is 2.35. The monoisotopic (exact) mass is 486 g/mol. The van der Waals surface area contributed by atoms with E-state index in [2.05, 4.69) is 40.6 Å². The summed E-state index contributed by atoms with van der Waals surface area (Å²) in [6, 6.07) is 12.3. The molecule has 3 saturated heterocycles. The quantitative estimate of drug-likeness (QED) is 0.457. The molecule has 2 atom stereocenters. The molecule has 5 rings (SSSR count). The van der Waals surface area contributed by atoms with Gasteiger partial charge in [-0.25, -0.2) is 9.98 Å². The van der Waals surface area contributed by atoms with Crippen molar-refractivity contribution in [2.24, 2.45) is 10.7 Å². The topological polar surface area (TPSA) is 95.1 Å². The van der Waals surface area contributed by atoms with Gasteiger partial charge in [-0.3, -0.25) is 9.59 Å². The summed E-state index contributed by atoms with van der Waals surface area (Å²) in [7, 11) is 0. The van der Waals surface area contributed by atoms with Crippen LogP contribution in [0.5, 0.6) is 0 Å². The van der Waals surface area contributed by atoms with E-state index >= 15 is 0 Å². The van der Waals surface area contributed by atoms with E-state index in [9.17, 15) is 9.59 Å². The molecule has 0 saturated carbocycles. The summed E-state index contributed by atoms with van der Waals surface area (Å²) < 4.78 is 0. The first-order valence-electron chi connectivity index (χ1n) is 12.8. The van der Waals surface area contributed by atoms with E-state index < -0.39 is 5.91 Å². The summed E-state index contributed by atoms with van der Waals surface area (Å²) >= 11 is 0. The number of nitrogens with two attached hydrogens (primary N) is 1. The van der Waals surface area contributed by atoms with Gasteiger partial charge in [-0.1, -0.05) is 30.8 Å². The van der Waals surface area contributed by atoms with Gasteiger partial charge in [0.25, 0.3) is 5.91 Å². The number of amides is 2. The molecule has 3 fully saturated rings. The number of nitrogens with zero attached hydrogens (tertiary/aromatic N) is 5. The fraction of sp³-hybridized carbons (Fsp3) is 0.429. The first-order valence-corrected chi connectivity index (χ1v) is 12.8. The number of rotatable bonds is 8. The van der Waals surface area contributed by atoms with Crippen molar-refractivity contribution in [1.29, 1.82) is 0 Å². The van der Waals surface area contributed by atoms with Crippen LogP contribution in [0.15, 0.2) is 54.0 Å². The van der Waals surface area contributed by atoms with Gasteiger partial charge in [-0.2, -0.15) is 0 Å². The number of piperazine rings is 1. The number of fused-ring (bicyclic) bond motifs is 2. The maximum absolute atomic E-state index is 12.1. The fourth-order valence-corrected chi connectivity index (χ4v) is 5.64. The number of benzene rings is 1. The lowest BCUT2D eigenvalue weighted by Gasteiger charge is -2.34. The maximum atomic E-state index is 12.1. The van der Waals surface area contributed by atoms with Crippen LogP contribution in [0.1, 0.15) is 47.7 Å². The number of carbonyl (C=O) groups is 2. The minimum atomic E-state index is -0.552. The van der Waals surface area contributed by atoms with Gasteiger partial charge in [-0.05, 0) is 75.0 Å². The van der Waals surface area contributed by atoms with E-state index in [1.165, 1.54) is 37.6 Å². The molecule has 8 nitrogen and oxygen atoms in total. The van der Waals surface area contributed by atoms with Crippen LogP contribution >= 0.6 is 0 Å². The third kappa shape index (κ3) is 4.91. The number of pyridine rings is 1. The number of likely N-dealkylation sites (tertiary alicyclic amines) is 2. The molecule has 0 aliphatic carbocycles. The van der Waals surface area contributed by atoms with Crippen molar-refractivity contribution < 1.29 is 9.59 Å². The van der Waals surface area contributed by atoms with Crippen molar-refractivity contribution >= 4 is 29.2 Å². The van der Waals surface area contributed by atoms with Crippen molar-refractivity contribution in [3.8, 4) is 0 Å². The third-order valence-corrected chi connectivity index (χ3v) is 7.68. The Morgan fingerprint density at radius 1 is 1.11 bits per heavy atom. The molecule has 2 aromatic rings. The SMILES string of the molecule is C=CC(=O)N1CC2CC1CN2c1ccc(C(N)=O)c(N=C(C)c2ccc(CCN3CCCC3)cc2)n1. The maximum Gasteiger partial charge on any atom is 0.252 e. The van der Waals surface area contributed by atoms with E-state index in [1.807, 2.05) is 17.9 Å². The summed E-state index contributed by atoms with van der Waals surface area (Å²) in [6.07, 6.45) is 5.94. The normalized spacial score (nSPS) is 21.9. The highest BCUT2D eigenvalue weighted by molar-refractivity contribution is 6.03. The van der Waals surface area contributed by atoms with Crippen LogP contribution in [-0.2, 0) is 11.2 Å². The van der Waals surface area contributed by atoms with Crippen molar-refractivity contribution in [3.05, 3.63) is 65.7 Å². The minimum absolute atomic E-state index is 0.0258. The Hall–Kier alpha value is -3.52. The van der Waals surface area contributed by atoms with E-state index in [0.29, 0.717) is 24.5 Å². The molecule has 2 amide bonds. The zero-order valence-corrected chi connectivity index (χ0v) is 20.9. The van der Waals surface area contributed by atoms with Crippen LogP contribution in [0, 0.1) is 0 Å². The second-order valence-corrected chi connectivity index (χ2v) is 9.99. The van der Waals surface area contributed by atoms with Gasteiger partial charge in [0, 0.05) is 25.3 Å². The summed E-state index contributed by atoms with van der Waals surface area (Å²) in [5.41, 5.74) is 9.02. The molecule has 4 heterocycles. The predicted octanol–water partition coefficient (Wildman–Crippen LogP) is 2.94. The number of aliphatic imine (C=N–C) groups is 1. The zero-order valence-electron chi connectivity index (χ0n) is 20.9. The van der Waals surface area contributed by atoms with Crippen molar-refractivity contribution in [2.45, 2.75) is 44.7 Å². The molecule has 188 valence electrons. The third-order valence-electron chi connectivity index (χ3n) is 7.68. The van der Waals surface area contributed by atoms with Gasteiger partial charge < -0.3 is 20.4 Å². The number of anilines is 1. The summed E-state index contributed by atoms with van der Waals surface area (Å²) in [5, 5.41) is 0. The molecule has 2 unspecified atom stereocenters. The minimum Gasteiger partial charge on any atom is -0.365 e. The van der Waals surface area contributed by atoms with Crippen LogP contribution in [0.3, 0.4) is 0 Å². The first kappa shape index (κ1) is 24.2. The highest BCUT2D eigenvalue weighted by atomic mass is 16.2. The lowest BCUT2D eigenvalue weighted by Crippen LogP contribution is -2.48. The van der Waals surface area contributed by atoms with Crippen LogP contribution in [0.4, 0.5) is 11.6 Å². The number of carbonyl (C=O) groups excluding carboxylic acids is 2. The lowest BCUT2D eigenvalue weighted by molar-refractivity contribution is -0.127. The van der Waals surface area contributed by atoms with Crippen molar-refractivity contribution in [2.75, 3.05) is 37.6 Å². The number of hydrogen-bond donors (Lipinski definition) is 1. The summed E-state index contributed by atoms with van der Waals surface area (Å²) in [4.78, 5) is 40.3. The van der Waals surface area contributed by atoms with E-state index in [0.717, 1.165) is 36.5 Å². The second-order valence-electron chi connectivity index (χ2n) is 9.99. The molecule has 3 aliphatic rings. The molecule has 8 heteroatoms. The molecule has 0 spiro atoms. The van der Waals surface area contributed by atoms with Gasteiger partial charge >= 0.3 is 0 Å². The molecule has 36 heavy (non-hydrogen) atoms. The van der Waals surface area contributed by atoms with Crippen LogP contribution in [-0.4, -0.2) is 77.1 Å². The Labute approximate surface area is 212 Å². The van der Waals surface area contributed by atoms with Crippen LogP contribution in [0.2, 0.25) is 0 Å². The largest absolute Gasteiger partial charge is 0.365 e. The Bertz CT molecular complexity index is 1190. The summed E-state index contributed by atoms with van der Waals surface area (Å²) in [5.74, 6) is 0.505. The average Bonchev–Trinajstić information content (AvgIpc) is 3.65.